The molecular formula is C14H10BrNO2. The van der Waals surface area contributed by atoms with Crippen molar-refractivity contribution in [1.82, 2.24) is 0 Å². The van der Waals surface area contributed by atoms with Gasteiger partial charge >= 0.3 is 0 Å². The Labute approximate surface area is 113 Å². The predicted molar refractivity (Wildman–Crippen MR) is 70.3 cm³/mol. The van der Waals surface area contributed by atoms with Crippen LogP contribution in [0.4, 0.5) is 0 Å². The Morgan fingerprint density at radius 2 is 1.94 bits per heavy atom. The number of hydrogen-bond donors (Lipinski definition) is 0. The van der Waals surface area contributed by atoms with Gasteiger partial charge in [0.05, 0.1) is 6.07 Å². The van der Waals surface area contributed by atoms with Gasteiger partial charge in [-0.1, -0.05) is 29.8 Å². The molecule has 2 aromatic rings. The molecule has 4 heteroatoms. The molecule has 1 heterocycles. The van der Waals surface area contributed by atoms with Crippen molar-refractivity contribution >= 4 is 21.7 Å². The van der Waals surface area contributed by atoms with Crippen LogP contribution < -0.4 is 0 Å². The maximum Gasteiger partial charge on any atom is 0.219 e. The van der Waals surface area contributed by atoms with Gasteiger partial charge < -0.3 is 4.42 Å². The van der Waals surface area contributed by atoms with E-state index in [0.29, 0.717) is 10.2 Å². The Morgan fingerprint density at radius 3 is 2.44 bits per heavy atom. The maximum absolute atomic E-state index is 12.1. The highest BCUT2D eigenvalue weighted by Gasteiger charge is 2.24. The lowest BCUT2D eigenvalue weighted by Gasteiger charge is -2.06. The zero-order chi connectivity index (χ0) is 13.1. The van der Waals surface area contributed by atoms with Gasteiger partial charge in [-0.05, 0) is 40.5 Å². The van der Waals surface area contributed by atoms with Crippen molar-refractivity contribution < 1.29 is 9.21 Å². The molecule has 18 heavy (non-hydrogen) atoms. The summed E-state index contributed by atoms with van der Waals surface area (Å²) in [5.74, 6) is -0.968. The third-order valence-electron chi connectivity index (χ3n) is 2.62. The molecule has 1 aromatic carbocycles. The number of benzene rings is 1. The van der Waals surface area contributed by atoms with E-state index < -0.39 is 5.92 Å². The molecule has 1 unspecified atom stereocenters. The number of aryl methyl sites for hydroxylation is 1. The molecule has 0 radical (unpaired) electrons. The Bertz CT molecular complexity index is 607. The van der Waals surface area contributed by atoms with Crippen LogP contribution in [-0.2, 0) is 0 Å². The second kappa shape index (κ2) is 5.19. The predicted octanol–water partition coefficient (Wildman–Crippen LogP) is 3.84. The SMILES string of the molecule is Cc1ccc(C(C#N)C(=O)c2ccc(Br)o2)cc1. The van der Waals surface area contributed by atoms with Crippen LogP contribution in [0.5, 0.6) is 0 Å². The number of Topliss-reactive ketones (excluding diaryl/α,β-unsaturated/α-hetero) is 1. The van der Waals surface area contributed by atoms with Crippen LogP contribution >= 0.6 is 15.9 Å². The fourth-order valence-electron chi connectivity index (χ4n) is 1.63. The number of carbonyl (C=O) groups is 1. The average molecular weight is 304 g/mol. The van der Waals surface area contributed by atoms with Crippen LogP contribution in [0, 0.1) is 18.3 Å². The fourth-order valence-corrected chi connectivity index (χ4v) is 1.94. The molecule has 0 amide bonds. The Morgan fingerprint density at radius 1 is 1.28 bits per heavy atom. The lowest BCUT2D eigenvalue weighted by atomic mass is 9.94. The van der Waals surface area contributed by atoms with Gasteiger partial charge in [0, 0.05) is 0 Å². The van der Waals surface area contributed by atoms with E-state index in [1.807, 2.05) is 25.1 Å². The average Bonchev–Trinajstić information content (AvgIpc) is 2.79. The minimum atomic E-state index is -0.830. The van der Waals surface area contributed by atoms with E-state index in [1.54, 1.807) is 24.3 Å². The number of rotatable bonds is 3. The van der Waals surface area contributed by atoms with Crippen molar-refractivity contribution in [3.63, 3.8) is 0 Å². The van der Waals surface area contributed by atoms with E-state index in [1.165, 1.54) is 0 Å². The molecule has 90 valence electrons. The Hall–Kier alpha value is -1.86. The Kier molecular flexibility index (Phi) is 3.63. The van der Waals surface area contributed by atoms with Gasteiger partial charge in [-0.25, -0.2) is 0 Å². The molecule has 1 atom stereocenters. The first-order valence-corrected chi connectivity index (χ1v) is 6.17. The summed E-state index contributed by atoms with van der Waals surface area (Å²) >= 11 is 3.14. The van der Waals surface area contributed by atoms with Crippen molar-refractivity contribution in [2.45, 2.75) is 12.8 Å². The summed E-state index contributed by atoms with van der Waals surface area (Å²) in [4.78, 5) is 12.1. The minimum absolute atomic E-state index is 0.189. The number of hydrogen-bond acceptors (Lipinski definition) is 3. The first kappa shape index (κ1) is 12.6. The van der Waals surface area contributed by atoms with E-state index in [4.69, 9.17) is 9.68 Å². The summed E-state index contributed by atoms with van der Waals surface area (Å²) in [6.07, 6.45) is 0. The third kappa shape index (κ3) is 2.52. The second-order valence-corrected chi connectivity index (χ2v) is 4.72. The van der Waals surface area contributed by atoms with Crippen LogP contribution in [0.25, 0.3) is 0 Å². The van der Waals surface area contributed by atoms with Gasteiger partial charge in [0.25, 0.3) is 0 Å². The molecule has 0 N–H and O–H groups in total. The molecular weight excluding hydrogens is 294 g/mol. The van der Waals surface area contributed by atoms with E-state index in [2.05, 4.69) is 15.9 Å². The van der Waals surface area contributed by atoms with Crippen molar-refractivity contribution in [2.24, 2.45) is 0 Å². The molecule has 1 aromatic heterocycles. The molecule has 0 saturated carbocycles. The number of ketones is 1. The maximum atomic E-state index is 12.1. The van der Waals surface area contributed by atoms with Crippen molar-refractivity contribution in [2.75, 3.05) is 0 Å². The molecule has 3 nitrogen and oxygen atoms in total. The monoisotopic (exact) mass is 303 g/mol. The minimum Gasteiger partial charge on any atom is -0.446 e. The highest BCUT2D eigenvalue weighted by molar-refractivity contribution is 9.10. The largest absolute Gasteiger partial charge is 0.446 e. The first-order chi connectivity index (χ1) is 8.61. The molecule has 0 saturated heterocycles. The van der Waals surface area contributed by atoms with Crippen LogP contribution in [0.1, 0.15) is 27.6 Å². The van der Waals surface area contributed by atoms with Crippen LogP contribution in [0.2, 0.25) is 0 Å². The first-order valence-electron chi connectivity index (χ1n) is 5.37. The third-order valence-corrected chi connectivity index (χ3v) is 3.04. The van der Waals surface area contributed by atoms with Gasteiger partial charge in [-0.2, -0.15) is 5.26 Å². The van der Waals surface area contributed by atoms with Gasteiger partial charge in [0.15, 0.2) is 10.4 Å². The molecule has 0 aliphatic rings. The van der Waals surface area contributed by atoms with Crippen molar-refractivity contribution in [3.05, 3.63) is 58.0 Å². The second-order valence-electron chi connectivity index (χ2n) is 3.94. The topological polar surface area (TPSA) is 54.0 Å². The molecule has 0 fully saturated rings. The molecule has 0 aliphatic carbocycles. The number of furan rings is 1. The molecule has 0 bridgehead atoms. The quantitative estimate of drug-likeness (QED) is 0.810. The normalized spacial score (nSPS) is 11.8. The summed E-state index contributed by atoms with van der Waals surface area (Å²) in [6, 6.07) is 12.6. The lowest BCUT2D eigenvalue weighted by molar-refractivity contribution is 0.0950. The number of nitrogens with zero attached hydrogens (tertiary/aromatic N) is 1. The van der Waals surface area contributed by atoms with Crippen LogP contribution in [-0.4, -0.2) is 5.78 Å². The zero-order valence-corrected chi connectivity index (χ0v) is 11.3. The fraction of sp³-hybridized carbons (Fsp3) is 0.143. The highest BCUT2D eigenvalue weighted by atomic mass is 79.9. The van der Waals surface area contributed by atoms with Crippen LogP contribution in [0.3, 0.4) is 0 Å². The van der Waals surface area contributed by atoms with Gasteiger partial charge in [0.2, 0.25) is 5.78 Å². The number of halogens is 1. The van der Waals surface area contributed by atoms with Crippen molar-refractivity contribution in [3.8, 4) is 6.07 Å². The number of nitriles is 1. The van der Waals surface area contributed by atoms with E-state index >= 15 is 0 Å². The number of carbonyl (C=O) groups excluding carboxylic acids is 1. The highest BCUT2D eigenvalue weighted by Crippen LogP contribution is 2.23. The summed E-state index contributed by atoms with van der Waals surface area (Å²) in [5.41, 5.74) is 1.77. The van der Waals surface area contributed by atoms with Crippen LogP contribution in [0.15, 0.2) is 45.5 Å². The summed E-state index contributed by atoms with van der Waals surface area (Å²) in [6.45, 7) is 1.95. The smallest absolute Gasteiger partial charge is 0.219 e. The summed E-state index contributed by atoms with van der Waals surface area (Å²) in [5, 5.41) is 9.16. The van der Waals surface area contributed by atoms with Gasteiger partial charge in [0.1, 0.15) is 5.92 Å². The van der Waals surface area contributed by atoms with E-state index in [-0.39, 0.29) is 11.5 Å². The summed E-state index contributed by atoms with van der Waals surface area (Å²) in [7, 11) is 0. The van der Waals surface area contributed by atoms with E-state index in [9.17, 15) is 4.79 Å². The summed E-state index contributed by atoms with van der Waals surface area (Å²) < 4.78 is 5.67. The molecule has 0 aliphatic heterocycles. The van der Waals surface area contributed by atoms with Gasteiger partial charge in [-0.3, -0.25) is 4.79 Å². The standard InChI is InChI=1S/C14H10BrNO2/c1-9-2-4-10(5-3-9)11(8-16)14(17)12-6-7-13(15)18-12/h2-7,11H,1H3. The van der Waals surface area contributed by atoms with Gasteiger partial charge in [-0.15, -0.1) is 0 Å². The lowest BCUT2D eigenvalue weighted by Crippen LogP contribution is -2.10. The molecule has 0 spiro atoms. The van der Waals surface area contributed by atoms with Crippen molar-refractivity contribution in [1.29, 1.82) is 5.26 Å². The Balaban J connectivity index is 2.32. The zero-order valence-electron chi connectivity index (χ0n) is 9.68. The van der Waals surface area contributed by atoms with E-state index in [0.717, 1.165) is 5.56 Å². The molecule has 2 rings (SSSR count).